The van der Waals surface area contributed by atoms with Gasteiger partial charge in [-0.25, -0.2) is 0 Å². The first-order valence-corrected chi connectivity index (χ1v) is 5.77. The van der Waals surface area contributed by atoms with Crippen molar-refractivity contribution in [2.24, 2.45) is 22.7 Å². The molecular formula is C10H18F3N3O2. The van der Waals surface area contributed by atoms with E-state index in [2.05, 4.69) is 10.5 Å². The Labute approximate surface area is 103 Å². The first kappa shape index (κ1) is 15.0. The predicted molar refractivity (Wildman–Crippen MR) is 59.4 cm³/mol. The molecule has 1 saturated heterocycles. The molecule has 1 aliphatic heterocycles. The highest BCUT2D eigenvalue weighted by atomic mass is 19.4. The largest absolute Gasteiger partial charge is 0.409 e. The number of rotatable bonds is 6. The third kappa shape index (κ3) is 4.69. The van der Waals surface area contributed by atoms with Crippen LogP contribution in [0, 0.1) is 11.8 Å². The van der Waals surface area contributed by atoms with Crippen LogP contribution in [-0.2, 0) is 4.74 Å². The van der Waals surface area contributed by atoms with E-state index in [1.54, 1.807) is 0 Å². The molecule has 0 amide bonds. The van der Waals surface area contributed by atoms with Crippen LogP contribution in [0.2, 0.25) is 0 Å². The molecule has 0 radical (unpaired) electrons. The number of nitrogens with zero attached hydrogens (tertiary/aromatic N) is 1. The number of hydrogen-bond donors (Lipinski definition) is 3. The zero-order valence-electron chi connectivity index (χ0n) is 9.91. The Hall–Kier alpha value is -1.02. The van der Waals surface area contributed by atoms with Crippen molar-refractivity contribution in [3.05, 3.63) is 0 Å². The average Bonchev–Trinajstić information content (AvgIpc) is 2.79. The summed E-state index contributed by atoms with van der Waals surface area (Å²) in [7, 11) is 0. The number of alkyl halides is 3. The van der Waals surface area contributed by atoms with Crippen LogP contribution in [0.15, 0.2) is 5.16 Å². The fraction of sp³-hybridized carbons (Fsp3) is 0.900. The van der Waals surface area contributed by atoms with E-state index in [4.69, 9.17) is 15.7 Å². The van der Waals surface area contributed by atoms with E-state index < -0.39 is 17.9 Å². The Kier molecular flexibility index (Phi) is 5.67. The molecule has 0 saturated carbocycles. The molecule has 18 heavy (non-hydrogen) atoms. The Morgan fingerprint density at radius 2 is 2.28 bits per heavy atom. The van der Waals surface area contributed by atoms with Gasteiger partial charge in [0.1, 0.15) is 5.92 Å². The standard InChI is InChI=1S/C10H18F3N3O2/c11-10(12,13)8(9(14)16-17)5-15-3-1-7-2-4-18-6-7/h7-8,15,17H,1-6H2,(H2,14,16). The molecule has 0 spiro atoms. The van der Waals surface area contributed by atoms with Crippen molar-refractivity contribution in [3.63, 3.8) is 0 Å². The lowest BCUT2D eigenvalue weighted by Gasteiger charge is -2.19. The zero-order valence-corrected chi connectivity index (χ0v) is 9.91. The van der Waals surface area contributed by atoms with Crippen molar-refractivity contribution < 1.29 is 23.1 Å². The Balaban J connectivity index is 2.29. The van der Waals surface area contributed by atoms with Crippen molar-refractivity contribution in [1.29, 1.82) is 0 Å². The van der Waals surface area contributed by atoms with Gasteiger partial charge in [0.15, 0.2) is 5.84 Å². The molecule has 5 nitrogen and oxygen atoms in total. The molecule has 0 aliphatic carbocycles. The van der Waals surface area contributed by atoms with E-state index >= 15 is 0 Å². The summed E-state index contributed by atoms with van der Waals surface area (Å²) in [6, 6.07) is 0. The summed E-state index contributed by atoms with van der Waals surface area (Å²) in [4.78, 5) is 0. The number of nitrogens with one attached hydrogen (secondary N) is 1. The first-order valence-electron chi connectivity index (χ1n) is 5.77. The Morgan fingerprint density at radius 1 is 1.56 bits per heavy atom. The molecule has 2 atom stereocenters. The van der Waals surface area contributed by atoms with Crippen molar-refractivity contribution in [2.45, 2.75) is 19.0 Å². The van der Waals surface area contributed by atoms with Crippen LogP contribution < -0.4 is 11.1 Å². The molecule has 8 heteroatoms. The molecule has 0 aromatic heterocycles. The molecule has 106 valence electrons. The average molecular weight is 269 g/mol. The molecule has 2 unspecified atom stereocenters. The third-order valence-corrected chi connectivity index (χ3v) is 2.97. The predicted octanol–water partition coefficient (Wildman–Crippen LogP) is 0.927. The Bertz CT molecular complexity index is 278. The highest BCUT2D eigenvalue weighted by Gasteiger charge is 2.42. The van der Waals surface area contributed by atoms with Crippen LogP contribution in [-0.4, -0.2) is 43.5 Å². The highest BCUT2D eigenvalue weighted by Crippen LogP contribution is 2.26. The summed E-state index contributed by atoms with van der Waals surface area (Å²) >= 11 is 0. The molecule has 1 rings (SSSR count). The minimum absolute atomic E-state index is 0.382. The van der Waals surface area contributed by atoms with E-state index in [-0.39, 0.29) is 6.54 Å². The van der Waals surface area contributed by atoms with Gasteiger partial charge in [0.25, 0.3) is 0 Å². The summed E-state index contributed by atoms with van der Waals surface area (Å²) in [5.41, 5.74) is 5.03. The van der Waals surface area contributed by atoms with Gasteiger partial charge in [0, 0.05) is 19.8 Å². The van der Waals surface area contributed by atoms with Crippen LogP contribution in [0.5, 0.6) is 0 Å². The van der Waals surface area contributed by atoms with E-state index in [0.717, 1.165) is 19.4 Å². The maximum Gasteiger partial charge on any atom is 0.400 e. The zero-order chi connectivity index (χ0) is 13.6. The highest BCUT2D eigenvalue weighted by molar-refractivity contribution is 5.83. The number of hydrogen-bond acceptors (Lipinski definition) is 4. The smallest absolute Gasteiger partial charge is 0.400 e. The molecule has 4 N–H and O–H groups in total. The quantitative estimate of drug-likeness (QED) is 0.220. The van der Waals surface area contributed by atoms with E-state index in [9.17, 15) is 13.2 Å². The lowest BCUT2D eigenvalue weighted by Crippen LogP contribution is -2.43. The lowest BCUT2D eigenvalue weighted by molar-refractivity contribution is -0.154. The van der Waals surface area contributed by atoms with Crippen molar-refractivity contribution >= 4 is 5.84 Å². The van der Waals surface area contributed by atoms with Gasteiger partial charge in [-0.3, -0.25) is 0 Å². The van der Waals surface area contributed by atoms with E-state index in [1.165, 1.54) is 0 Å². The molecular weight excluding hydrogens is 251 g/mol. The van der Waals surface area contributed by atoms with Gasteiger partial charge in [-0.1, -0.05) is 5.16 Å². The van der Waals surface area contributed by atoms with Crippen molar-refractivity contribution in [2.75, 3.05) is 26.3 Å². The topological polar surface area (TPSA) is 79.9 Å². The van der Waals surface area contributed by atoms with Gasteiger partial charge in [0.05, 0.1) is 0 Å². The van der Waals surface area contributed by atoms with E-state index in [0.29, 0.717) is 19.1 Å². The minimum atomic E-state index is -4.51. The monoisotopic (exact) mass is 269 g/mol. The van der Waals surface area contributed by atoms with Crippen LogP contribution >= 0.6 is 0 Å². The molecule has 1 aliphatic rings. The fourth-order valence-electron chi connectivity index (χ4n) is 1.82. The second kappa shape index (κ2) is 6.79. The fourth-order valence-corrected chi connectivity index (χ4v) is 1.82. The maximum atomic E-state index is 12.6. The Morgan fingerprint density at radius 3 is 2.78 bits per heavy atom. The number of ether oxygens (including phenoxy) is 1. The van der Waals surface area contributed by atoms with Crippen LogP contribution in [0.4, 0.5) is 13.2 Å². The summed E-state index contributed by atoms with van der Waals surface area (Å²) in [6.07, 6.45) is -2.80. The summed E-state index contributed by atoms with van der Waals surface area (Å²) in [6.45, 7) is 1.47. The normalized spacial score (nSPS) is 23.3. The number of halogens is 3. The van der Waals surface area contributed by atoms with Gasteiger partial charge in [-0.15, -0.1) is 0 Å². The maximum absolute atomic E-state index is 12.6. The SMILES string of the molecule is NC(=NO)C(CNCCC1CCOC1)C(F)(F)F. The molecule has 0 aromatic rings. The number of amidine groups is 1. The van der Waals surface area contributed by atoms with Crippen LogP contribution in [0.3, 0.4) is 0 Å². The molecule has 1 heterocycles. The van der Waals surface area contributed by atoms with Gasteiger partial charge >= 0.3 is 6.18 Å². The van der Waals surface area contributed by atoms with Gasteiger partial charge in [-0.05, 0) is 25.3 Å². The molecule has 0 bridgehead atoms. The van der Waals surface area contributed by atoms with E-state index in [1.807, 2.05) is 0 Å². The molecule has 0 aromatic carbocycles. The van der Waals surface area contributed by atoms with Crippen LogP contribution in [0.1, 0.15) is 12.8 Å². The lowest BCUT2D eigenvalue weighted by atomic mass is 10.0. The first-order chi connectivity index (χ1) is 8.45. The molecule has 1 fully saturated rings. The summed E-state index contributed by atoms with van der Waals surface area (Å²) in [5.74, 6) is -2.37. The van der Waals surface area contributed by atoms with Gasteiger partial charge in [0.2, 0.25) is 0 Å². The minimum Gasteiger partial charge on any atom is -0.409 e. The summed E-state index contributed by atoms with van der Waals surface area (Å²) in [5, 5.41) is 13.4. The number of nitrogens with two attached hydrogens (primary N) is 1. The van der Waals surface area contributed by atoms with Gasteiger partial charge < -0.3 is 21.0 Å². The van der Waals surface area contributed by atoms with Crippen molar-refractivity contribution in [1.82, 2.24) is 5.32 Å². The second-order valence-electron chi connectivity index (χ2n) is 4.34. The number of oxime groups is 1. The third-order valence-electron chi connectivity index (χ3n) is 2.97. The summed E-state index contributed by atoms with van der Waals surface area (Å²) < 4.78 is 42.8. The second-order valence-corrected chi connectivity index (χ2v) is 4.34. The van der Waals surface area contributed by atoms with Crippen molar-refractivity contribution in [3.8, 4) is 0 Å². The van der Waals surface area contributed by atoms with Crippen LogP contribution in [0.25, 0.3) is 0 Å². The van der Waals surface area contributed by atoms with Gasteiger partial charge in [-0.2, -0.15) is 13.2 Å².